The van der Waals surface area contributed by atoms with Crippen LogP contribution in [0.15, 0.2) is 0 Å². The summed E-state index contributed by atoms with van der Waals surface area (Å²) in [4.78, 5) is 12.4. The summed E-state index contributed by atoms with van der Waals surface area (Å²) in [5.41, 5.74) is 0. The lowest BCUT2D eigenvalue weighted by Gasteiger charge is -2.24. The highest BCUT2D eigenvalue weighted by Gasteiger charge is 2.43. The Balaban J connectivity index is 1.30. The SMILES string of the molecule is O=C(NCC1CC2CCC1C2)C1NCC2CCCC21. The molecule has 0 aromatic rings. The first-order chi connectivity index (χ1) is 9.31. The zero-order valence-corrected chi connectivity index (χ0v) is 11.7. The lowest BCUT2D eigenvalue weighted by molar-refractivity contribution is -0.124. The zero-order valence-electron chi connectivity index (χ0n) is 11.7. The van der Waals surface area contributed by atoms with Crippen LogP contribution in [-0.4, -0.2) is 25.0 Å². The van der Waals surface area contributed by atoms with Gasteiger partial charge in [0.25, 0.3) is 0 Å². The fourth-order valence-electron chi connectivity index (χ4n) is 5.44. The van der Waals surface area contributed by atoms with Crippen molar-refractivity contribution < 1.29 is 4.79 Å². The second-order valence-corrected chi connectivity index (χ2v) is 7.42. The van der Waals surface area contributed by atoms with E-state index in [1.807, 2.05) is 0 Å². The summed E-state index contributed by atoms with van der Waals surface area (Å²) in [5.74, 6) is 4.37. The summed E-state index contributed by atoms with van der Waals surface area (Å²) in [6.45, 7) is 2.01. The van der Waals surface area contributed by atoms with Gasteiger partial charge < -0.3 is 10.6 Å². The molecule has 0 aromatic heterocycles. The van der Waals surface area contributed by atoms with Gasteiger partial charge in [-0.1, -0.05) is 12.8 Å². The van der Waals surface area contributed by atoms with E-state index < -0.39 is 0 Å². The molecule has 3 saturated carbocycles. The van der Waals surface area contributed by atoms with Gasteiger partial charge in [0.05, 0.1) is 6.04 Å². The first-order valence-corrected chi connectivity index (χ1v) is 8.32. The summed E-state index contributed by atoms with van der Waals surface area (Å²) < 4.78 is 0. The number of rotatable bonds is 3. The third kappa shape index (κ3) is 2.10. The Morgan fingerprint density at radius 1 is 1.11 bits per heavy atom. The van der Waals surface area contributed by atoms with Gasteiger partial charge in [-0.3, -0.25) is 4.79 Å². The van der Waals surface area contributed by atoms with Crippen LogP contribution < -0.4 is 10.6 Å². The van der Waals surface area contributed by atoms with Crippen molar-refractivity contribution in [1.82, 2.24) is 10.6 Å². The minimum Gasteiger partial charge on any atom is -0.354 e. The van der Waals surface area contributed by atoms with Gasteiger partial charge in [0, 0.05) is 6.54 Å². The molecule has 1 amide bonds. The molecule has 4 fully saturated rings. The lowest BCUT2D eigenvalue weighted by atomic mass is 9.88. The molecule has 4 aliphatic rings. The van der Waals surface area contributed by atoms with E-state index in [0.29, 0.717) is 5.92 Å². The van der Waals surface area contributed by atoms with Gasteiger partial charge in [-0.2, -0.15) is 0 Å². The van der Waals surface area contributed by atoms with Crippen LogP contribution in [-0.2, 0) is 4.79 Å². The van der Waals surface area contributed by atoms with Gasteiger partial charge in [0.2, 0.25) is 5.91 Å². The minimum atomic E-state index is 0.117. The number of nitrogens with one attached hydrogen (secondary N) is 2. The van der Waals surface area contributed by atoms with E-state index in [4.69, 9.17) is 0 Å². The second-order valence-electron chi connectivity index (χ2n) is 7.42. The van der Waals surface area contributed by atoms with Crippen LogP contribution in [0.4, 0.5) is 0 Å². The maximum atomic E-state index is 12.4. The molecule has 4 rings (SSSR count). The molecule has 0 aromatic carbocycles. The molecule has 3 heteroatoms. The monoisotopic (exact) mass is 262 g/mol. The quantitative estimate of drug-likeness (QED) is 0.816. The van der Waals surface area contributed by atoms with Crippen molar-refractivity contribution in [2.45, 2.75) is 51.0 Å². The lowest BCUT2D eigenvalue weighted by Crippen LogP contribution is -2.45. The Bertz CT molecular complexity index is 370. The molecule has 19 heavy (non-hydrogen) atoms. The van der Waals surface area contributed by atoms with Crippen molar-refractivity contribution >= 4 is 5.91 Å². The summed E-state index contributed by atoms with van der Waals surface area (Å²) in [7, 11) is 0. The molecule has 3 aliphatic carbocycles. The smallest absolute Gasteiger partial charge is 0.237 e. The Kier molecular flexibility index (Phi) is 3.06. The standard InChI is InChI=1S/C16H26N2O/c19-16(15-14-3-1-2-12(14)8-17-15)18-9-13-7-10-4-5-11(13)6-10/h10-15,17H,1-9H2,(H,18,19). The van der Waals surface area contributed by atoms with Gasteiger partial charge in [-0.05, 0) is 68.2 Å². The average molecular weight is 262 g/mol. The van der Waals surface area contributed by atoms with Crippen molar-refractivity contribution in [3.05, 3.63) is 0 Å². The van der Waals surface area contributed by atoms with Crippen LogP contribution >= 0.6 is 0 Å². The predicted octanol–water partition coefficient (Wildman–Crippen LogP) is 1.93. The molecule has 6 unspecified atom stereocenters. The van der Waals surface area contributed by atoms with Crippen LogP contribution in [0.25, 0.3) is 0 Å². The Labute approximate surface area is 115 Å². The van der Waals surface area contributed by atoms with Gasteiger partial charge in [0.1, 0.15) is 0 Å². The van der Waals surface area contributed by atoms with Gasteiger partial charge >= 0.3 is 0 Å². The summed E-state index contributed by atoms with van der Waals surface area (Å²) in [6, 6.07) is 0.117. The highest BCUT2D eigenvalue weighted by molar-refractivity contribution is 5.82. The van der Waals surface area contributed by atoms with E-state index in [-0.39, 0.29) is 11.9 Å². The first kappa shape index (κ1) is 12.2. The Morgan fingerprint density at radius 2 is 2.05 bits per heavy atom. The number of hydrogen-bond acceptors (Lipinski definition) is 2. The fourth-order valence-corrected chi connectivity index (χ4v) is 5.44. The van der Waals surface area contributed by atoms with Crippen LogP contribution in [0.2, 0.25) is 0 Å². The first-order valence-electron chi connectivity index (χ1n) is 8.32. The van der Waals surface area contributed by atoms with Crippen LogP contribution in [0.5, 0.6) is 0 Å². The molecule has 6 atom stereocenters. The molecule has 1 saturated heterocycles. The normalized spacial score (nSPS) is 47.6. The Hall–Kier alpha value is -0.570. The highest BCUT2D eigenvalue weighted by atomic mass is 16.2. The molecule has 1 aliphatic heterocycles. The van der Waals surface area contributed by atoms with E-state index >= 15 is 0 Å². The molecular formula is C16H26N2O. The molecule has 2 N–H and O–H groups in total. The van der Waals surface area contributed by atoms with Crippen molar-refractivity contribution in [2.24, 2.45) is 29.6 Å². The highest BCUT2D eigenvalue weighted by Crippen LogP contribution is 2.48. The molecule has 0 radical (unpaired) electrons. The molecule has 3 nitrogen and oxygen atoms in total. The molecule has 2 bridgehead atoms. The molecule has 0 spiro atoms. The van der Waals surface area contributed by atoms with Crippen molar-refractivity contribution in [1.29, 1.82) is 0 Å². The summed E-state index contributed by atoms with van der Waals surface area (Å²) in [6.07, 6.45) is 9.58. The average Bonchev–Trinajstić information content (AvgIpc) is 3.14. The van der Waals surface area contributed by atoms with Crippen LogP contribution in [0.3, 0.4) is 0 Å². The van der Waals surface area contributed by atoms with Crippen molar-refractivity contribution in [3.63, 3.8) is 0 Å². The number of carbonyl (C=O) groups is 1. The third-order valence-corrected chi connectivity index (χ3v) is 6.45. The van der Waals surface area contributed by atoms with Gasteiger partial charge in [0.15, 0.2) is 0 Å². The number of amides is 1. The fraction of sp³-hybridized carbons (Fsp3) is 0.938. The number of fused-ring (bicyclic) bond motifs is 3. The minimum absolute atomic E-state index is 0.117. The molecule has 1 heterocycles. The van der Waals surface area contributed by atoms with Crippen molar-refractivity contribution in [2.75, 3.05) is 13.1 Å². The van der Waals surface area contributed by atoms with E-state index in [2.05, 4.69) is 10.6 Å². The van der Waals surface area contributed by atoms with E-state index in [1.54, 1.807) is 0 Å². The summed E-state index contributed by atoms with van der Waals surface area (Å²) in [5, 5.41) is 6.72. The number of hydrogen-bond donors (Lipinski definition) is 2. The third-order valence-electron chi connectivity index (χ3n) is 6.45. The topological polar surface area (TPSA) is 41.1 Å². The second kappa shape index (κ2) is 4.76. The summed E-state index contributed by atoms with van der Waals surface area (Å²) >= 11 is 0. The van der Waals surface area contributed by atoms with Crippen molar-refractivity contribution in [3.8, 4) is 0 Å². The van der Waals surface area contributed by atoms with Crippen LogP contribution in [0, 0.1) is 29.6 Å². The molecular weight excluding hydrogens is 236 g/mol. The largest absolute Gasteiger partial charge is 0.354 e. The van der Waals surface area contributed by atoms with Gasteiger partial charge in [-0.25, -0.2) is 0 Å². The maximum absolute atomic E-state index is 12.4. The Morgan fingerprint density at radius 3 is 2.84 bits per heavy atom. The van der Waals surface area contributed by atoms with Gasteiger partial charge in [-0.15, -0.1) is 0 Å². The molecule has 106 valence electrons. The predicted molar refractivity (Wildman–Crippen MR) is 74.6 cm³/mol. The van der Waals surface area contributed by atoms with E-state index in [1.165, 1.54) is 44.9 Å². The zero-order chi connectivity index (χ0) is 12.8. The van der Waals surface area contributed by atoms with E-state index in [0.717, 1.165) is 36.8 Å². The maximum Gasteiger partial charge on any atom is 0.237 e. The van der Waals surface area contributed by atoms with E-state index in [9.17, 15) is 4.79 Å². The number of carbonyl (C=O) groups excluding carboxylic acids is 1. The van der Waals surface area contributed by atoms with Crippen LogP contribution in [0.1, 0.15) is 44.9 Å².